The molecule has 1 saturated heterocycles. The number of alkyl halides is 3. The number of nitrogens with zero attached hydrogens (tertiary/aromatic N) is 2. The van der Waals surface area contributed by atoms with E-state index < -0.39 is 18.9 Å². The van der Waals surface area contributed by atoms with Crippen LogP contribution in [-0.4, -0.2) is 41.9 Å². The van der Waals surface area contributed by atoms with E-state index >= 15 is 0 Å². The first-order valence-electron chi connectivity index (χ1n) is 10.2. The number of benzene rings is 1. The zero-order valence-corrected chi connectivity index (χ0v) is 16.1. The van der Waals surface area contributed by atoms with Crippen molar-refractivity contribution in [1.29, 1.82) is 0 Å². The van der Waals surface area contributed by atoms with Crippen molar-refractivity contribution >= 4 is 28.5 Å². The van der Waals surface area contributed by atoms with Crippen LogP contribution in [0.4, 0.5) is 29.3 Å². The second-order valence-corrected chi connectivity index (χ2v) is 7.85. The Bertz CT molecular complexity index is 868. The van der Waals surface area contributed by atoms with Gasteiger partial charge in [-0.15, -0.1) is 0 Å². The summed E-state index contributed by atoms with van der Waals surface area (Å²) in [5.74, 6) is 1.35. The Morgan fingerprint density at radius 1 is 1.17 bits per heavy atom. The van der Waals surface area contributed by atoms with Gasteiger partial charge >= 0.3 is 12.3 Å². The standard InChI is InChI=1S/C20H25F3N4O2/c21-20(22,23)12-29-19(28)26-16-10-14-15(11-17(16)27-8-4-5-9-27)25-18(24-14)13-6-2-1-3-7-13/h10-11,13H,1-9,12H2,(H,24,25)(H,26,28). The van der Waals surface area contributed by atoms with Crippen LogP contribution in [0.15, 0.2) is 12.1 Å². The normalized spacial score (nSPS) is 18.4. The van der Waals surface area contributed by atoms with Gasteiger partial charge < -0.3 is 14.6 Å². The second kappa shape index (κ2) is 8.12. The Labute approximate surface area is 166 Å². The van der Waals surface area contributed by atoms with E-state index in [4.69, 9.17) is 4.98 Å². The second-order valence-electron chi connectivity index (χ2n) is 7.85. The minimum absolute atomic E-state index is 0.402. The van der Waals surface area contributed by atoms with Gasteiger partial charge in [0.05, 0.1) is 22.4 Å². The predicted octanol–water partition coefficient (Wildman–Crippen LogP) is 5.32. The van der Waals surface area contributed by atoms with Crippen molar-refractivity contribution in [3.05, 3.63) is 18.0 Å². The summed E-state index contributed by atoms with van der Waals surface area (Å²) >= 11 is 0. The molecule has 0 atom stereocenters. The number of carbonyl (C=O) groups is 1. The summed E-state index contributed by atoms with van der Waals surface area (Å²) in [4.78, 5) is 22.2. The van der Waals surface area contributed by atoms with Crippen molar-refractivity contribution in [2.75, 3.05) is 29.9 Å². The molecule has 158 valence electrons. The Morgan fingerprint density at radius 2 is 1.90 bits per heavy atom. The van der Waals surface area contributed by atoms with Crippen molar-refractivity contribution in [3.8, 4) is 0 Å². The first kappa shape index (κ1) is 19.8. The number of amides is 1. The molecule has 0 bridgehead atoms. The highest BCUT2D eigenvalue weighted by Crippen LogP contribution is 2.36. The minimum atomic E-state index is -4.56. The monoisotopic (exact) mass is 410 g/mol. The molecule has 6 nitrogen and oxygen atoms in total. The number of halogens is 3. The van der Waals surface area contributed by atoms with Crippen molar-refractivity contribution in [3.63, 3.8) is 0 Å². The number of H-pyrrole nitrogens is 1. The third-order valence-corrected chi connectivity index (χ3v) is 5.66. The molecule has 9 heteroatoms. The molecule has 2 aromatic rings. The molecule has 2 heterocycles. The molecule has 29 heavy (non-hydrogen) atoms. The quantitative estimate of drug-likeness (QED) is 0.716. The number of ether oxygens (including phenoxy) is 1. The summed E-state index contributed by atoms with van der Waals surface area (Å²) in [6, 6.07) is 3.65. The first-order valence-corrected chi connectivity index (χ1v) is 10.2. The highest BCUT2D eigenvalue weighted by atomic mass is 19.4. The third-order valence-electron chi connectivity index (χ3n) is 5.66. The number of hydrogen-bond donors (Lipinski definition) is 2. The van der Waals surface area contributed by atoms with E-state index in [1.165, 1.54) is 19.3 Å². The average molecular weight is 410 g/mol. The minimum Gasteiger partial charge on any atom is -0.440 e. The van der Waals surface area contributed by atoms with Crippen LogP contribution in [0.1, 0.15) is 56.7 Å². The van der Waals surface area contributed by atoms with Crippen molar-refractivity contribution in [1.82, 2.24) is 9.97 Å². The number of aromatic amines is 1. The average Bonchev–Trinajstić information content (AvgIpc) is 3.35. The van der Waals surface area contributed by atoms with E-state index in [2.05, 4.69) is 19.9 Å². The Kier molecular flexibility index (Phi) is 5.56. The van der Waals surface area contributed by atoms with Crippen LogP contribution in [-0.2, 0) is 4.74 Å². The third kappa shape index (κ3) is 4.76. The maximum absolute atomic E-state index is 12.3. The smallest absolute Gasteiger partial charge is 0.422 e. The Hall–Kier alpha value is -2.45. The molecule has 0 radical (unpaired) electrons. The van der Waals surface area contributed by atoms with Gasteiger partial charge in [-0.05, 0) is 37.8 Å². The largest absolute Gasteiger partial charge is 0.440 e. The lowest BCUT2D eigenvalue weighted by Crippen LogP contribution is -2.25. The zero-order valence-electron chi connectivity index (χ0n) is 16.1. The Morgan fingerprint density at radius 3 is 2.59 bits per heavy atom. The summed E-state index contributed by atoms with van der Waals surface area (Å²) in [5.41, 5.74) is 2.77. The van der Waals surface area contributed by atoms with E-state index in [9.17, 15) is 18.0 Å². The van der Waals surface area contributed by atoms with Gasteiger partial charge in [-0.3, -0.25) is 5.32 Å². The van der Waals surface area contributed by atoms with E-state index in [0.29, 0.717) is 11.6 Å². The van der Waals surface area contributed by atoms with Gasteiger partial charge in [0, 0.05) is 19.0 Å². The van der Waals surface area contributed by atoms with Crippen molar-refractivity contribution < 1.29 is 22.7 Å². The molecule has 1 aromatic carbocycles. The lowest BCUT2D eigenvalue weighted by atomic mass is 9.89. The fourth-order valence-corrected chi connectivity index (χ4v) is 4.25. The molecule has 2 aliphatic rings. The van der Waals surface area contributed by atoms with Crippen molar-refractivity contribution in [2.24, 2.45) is 0 Å². The summed E-state index contributed by atoms with van der Waals surface area (Å²) in [5, 5.41) is 2.49. The lowest BCUT2D eigenvalue weighted by Gasteiger charge is -2.21. The number of imidazole rings is 1. The van der Waals surface area contributed by atoms with Gasteiger partial charge in [-0.25, -0.2) is 9.78 Å². The number of anilines is 2. The van der Waals surface area contributed by atoms with E-state index in [-0.39, 0.29) is 0 Å². The van der Waals surface area contributed by atoms with Crippen molar-refractivity contribution in [2.45, 2.75) is 57.0 Å². The molecular formula is C20H25F3N4O2. The van der Waals surface area contributed by atoms with Gasteiger partial charge in [0.2, 0.25) is 0 Å². The molecule has 0 unspecified atom stereocenters. The van der Waals surface area contributed by atoms with Crippen LogP contribution in [0, 0.1) is 0 Å². The first-order chi connectivity index (χ1) is 13.9. The van der Waals surface area contributed by atoms with Crippen LogP contribution in [0.2, 0.25) is 0 Å². The molecule has 1 aliphatic heterocycles. The Balaban J connectivity index is 1.61. The van der Waals surface area contributed by atoms with E-state index in [0.717, 1.165) is 61.3 Å². The maximum atomic E-state index is 12.3. The van der Waals surface area contributed by atoms with Gasteiger partial charge in [0.1, 0.15) is 5.82 Å². The number of carbonyl (C=O) groups excluding carboxylic acids is 1. The van der Waals surface area contributed by atoms with E-state index in [1.54, 1.807) is 6.07 Å². The number of nitrogens with one attached hydrogen (secondary N) is 2. The number of hydrogen-bond acceptors (Lipinski definition) is 4. The molecule has 0 spiro atoms. The van der Waals surface area contributed by atoms with Gasteiger partial charge in [-0.1, -0.05) is 19.3 Å². The molecular weight excluding hydrogens is 385 g/mol. The topological polar surface area (TPSA) is 70.2 Å². The van der Waals surface area contributed by atoms with Crippen LogP contribution in [0.3, 0.4) is 0 Å². The number of aromatic nitrogens is 2. The summed E-state index contributed by atoms with van der Waals surface area (Å²) < 4.78 is 41.3. The summed E-state index contributed by atoms with van der Waals surface area (Å²) in [6.45, 7) is 0.0470. The van der Waals surface area contributed by atoms with Gasteiger partial charge in [-0.2, -0.15) is 13.2 Å². The molecule has 2 fully saturated rings. The highest BCUT2D eigenvalue weighted by molar-refractivity contribution is 5.95. The summed E-state index contributed by atoms with van der Waals surface area (Å²) in [6.07, 6.45) is 2.24. The molecule has 1 amide bonds. The maximum Gasteiger partial charge on any atom is 0.422 e. The predicted molar refractivity (Wildman–Crippen MR) is 104 cm³/mol. The molecule has 1 aliphatic carbocycles. The van der Waals surface area contributed by atoms with Crippen LogP contribution < -0.4 is 10.2 Å². The lowest BCUT2D eigenvalue weighted by molar-refractivity contribution is -0.159. The molecule has 2 N–H and O–H groups in total. The highest BCUT2D eigenvalue weighted by Gasteiger charge is 2.30. The number of fused-ring (bicyclic) bond motifs is 1. The van der Waals surface area contributed by atoms with Crippen LogP contribution in [0.5, 0.6) is 0 Å². The fourth-order valence-electron chi connectivity index (χ4n) is 4.25. The van der Waals surface area contributed by atoms with Crippen LogP contribution in [0.25, 0.3) is 11.0 Å². The SMILES string of the molecule is O=C(Nc1cc2[nH]c(C3CCCCC3)nc2cc1N1CCCC1)OCC(F)(F)F. The van der Waals surface area contributed by atoms with E-state index in [1.807, 2.05) is 6.07 Å². The molecule has 4 rings (SSSR count). The van der Waals surface area contributed by atoms with Gasteiger partial charge in [0.15, 0.2) is 6.61 Å². The zero-order chi connectivity index (χ0) is 20.4. The van der Waals surface area contributed by atoms with Gasteiger partial charge in [0.25, 0.3) is 0 Å². The molecule has 1 saturated carbocycles. The number of rotatable bonds is 4. The fraction of sp³-hybridized carbons (Fsp3) is 0.600. The van der Waals surface area contributed by atoms with Crippen LogP contribution >= 0.6 is 0 Å². The molecule has 1 aromatic heterocycles. The summed E-state index contributed by atoms with van der Waals surface area (Å²) in [7, 11) is 0.